The van der Waals surface area contributed by atoms with Gasteiger partial charge in [-0.1, -0.05) is 40.9 Å². The van der Waals surface area contributed by atoms with E-state index in [4.69, 9.17) is 39.5 Å². The van der Waals surface area contributed by atoms with Gasteiger partial charge >= 0.3 is 6.03 Å². The Bertz CT molecular complexity index is 1120. The topological polar surface area (TPSA) is 66.0 Å². The first-order valence-corrected chi connectivity index (χ1v) is 13.0. The summed E-state index contributed by atoms with van der Waals surface area (Å²) in [5, 5.41) is 1.53. The third kappa shape index (κ3) is 5.04. The number of aromatic nitrogens is 1. The molecule has 186 valence electrons. The molecule has 7 nitrogen and oxygen atoms in total. The number of carbonyl (C=O) groups is 2. The predicted molar refractivity (Wildman–Crippen MR) is 135 cm³/mol. The number of nitrogens with zero attached hydrogens (tertiary/aromatic N) is 4. The van der Waals surface area contributed by atoms with E-state index in [2.05, 4.69) is 4.98 Å². The summed E-state index contributed by atoms with van der Waals surface area (Å²) in [4.78, 5) is 35.6. The molecule has 3 aliphatic rings. The fourth-order valence-electron chi connectivity index (χ4n) is 5.50. The molecule has 0 N–H and O–H groups in total. The molecule has 5 rings (SSSR count). The molecule has 4 atom stereocenters. The van der Waals surface area contributed by atoms with Crippen LogP contribution in [0.5, 0.6) is 5.88 Å². The van der Waals surface area contributed by atoms with Crippen molar-refractivity contribution in [3.8, 4) is 5.88 Å². The maximum Gasteiger partial charge on any atom is 0.320 e. The minimum Gasteiger partial charge on any atom is -0.474 e. The number of hydrogen-bond donors (Lipinski definition) is 0. The highest BCUT2D eigenvalue weighted by atomic mass is 35.5. The van der Waals surface area contributed by atoms with Crippen LogP contribution in [0.25, 0.3) is 0 Å². The van der Waals surface area contributed by atoms with Gasteiger partial charge in [0.2, 0.25) is 11.8 Å². The van der Waals surface area contributed by atoms with E-state index in [-0.39, 0.29) is 35.9 Å². The second kappa shape index (κ2) is 10.0. The van der Waals surface area contributed by atoms with Crippen molar-refractivity contribution in [1.82, 2.24) is 19.7 Å². The van der Waals surface area contributed by atoms with Crippen molar-refractivity contribution in [3.05, 3.63) is 57.2 Å². The first-order chi connectivity index (χ1) is 16.8. The number of halogens is 3. The molecule has 3 amide bonds. The van der Waals surface area contributed by atoms with Crippen molar-refractivity contribution < 1.29 is 14.3 Å². The van der Waals surface area contributed by atoms with Gasteiger partial charge < -0.3 is 19.4 Å². The van der Waals surface area contributed by atoms with E-state index < -0.39 is 0 Å². The predicted octanol–water partition coefficient (Wildman–Crippen LogP) is 4.95. The van der Waals surface area contributed by atoms with Gasteiger partial charge in [0.15, 0.2) is 0 Å². The normalized spacial score (nSPS) is 25.1. The summed E-state index contributed by atoms with van der Waals surface area (Å²) in [7, 11) is 0. The molecule has 10 heteroatoms. The number of fused-ring (bicyclic) bond motifs is 1. The first-order valence-electron chi connectivity index (χ1n) is 11.9. The monoisotopic (exact) mass is 536 g/mol. The van der Waals surface area contributed by atoms with Gasteiger partial charge in [-0.05, 0) is 37.1 Å². The zero-order chi connectivity index (χ0) is 24.7. The Kier molecular flexibility index (Phi) is 7.02. The van der Waals surface area contributed by atoms with Crippen LogP contribution in [0.15, 0.2) is 36.5 Å². The number of amides is 3. The van der Waals surface area contributed by atoms with Gasteiger partial charge in [-0.15, -0.1) is 0 Å². The lowest BCUT2D eigenvalue weighted by Gasteiger charge is -2.39. The molecule has 3 fully saturated rings. The smallest absolute Gasteiger partial charge is 0.320 e. The highest BCUT2D eigenvalue weighted by Crippen LogP contribution is 2.39. The molecule has 0 spiro atoms. The molecule has 0 saturated carbocycles. The molecule has 1 aromatic carbocycles. The standard InChI is InChI=1S/C25H27Cl3N4O3/c1-15(35-23-6-3-17(26)11-29-23)19-13-31(14-20(19)16-2-5-21(27)22(28)10-16)25(34)30-8-9-32-18(12-30)4-7-24(32)33/h2-3,5-6,10-11,15,18-20H,4,7-9,12-14H2,1H3/t15-,18?,19?,20?/m0/s1. The second-order valence-corrected chi connectivity index (χ2v) is 10.7. The van der Waals surface area contributed by atoms with Gasteiger partial charge in [0.25, 0.3) is 0 Å². The summed E-state index contributed by atoms with van der Waals surface area (Å²) in [5.41, 5.74) is 1.02. The lowest BCUT2D eigenvalue weighted by molar-refractivity contribution is -0.130. The van der Waals surface area contributed by atoms with Crippen molar-refractivity contribution in [2.45, 2.75) is 37.8 Å². The molecule has 1 aromatic heterocycles. The lowest BCUT2D eigenvalue weighted by Crippen LogP contribution is -2.56. The lowest BCUT2D eigenvalue weighted by atomic mass is 9.86. The molecular weight excluding hydrogens is 511 g/mol. The Morgan fingerprint density at radius 1 is 1.06 bits per heavy atom. The van der Waals surface area contributed by atoms with Crippen LogP contribution in [0.3, 0.4) is 0 Å². The molecule has 2 aromatic rings. The van der Waals surface area contributed by atoms with Crippen LogP contribution >= 0.6 is 34.8 Å². The Morgan fingerprint density at radius 2 is 1.89 bits per heavy atom. The average Bonchev–Trinajstić information content (AvgIpc) is 3.46. The third-order valence-corrected chi connectivity index (χ3v) is 8.34. The van der Waals surface area contributed by atoms with Crippen molar-refractivity contribution >= 4 is 46.7 Å². The number of likely N-dealkylation sites (tertiary alicyclic amines) is 1. The fourth-order valence-corrected chi connectivity index (χ4v) is 5.92. The zero-order valence-corrected chi connectivity index (χ0v) is 21.6. The van der Waals surface area contributed by atoms with E-state index >= 15 is 0 Å². The molecule has 3 saturated heterocycles. The maximum absolute atomic E-state index is 13.6. The Hall–Kier alpha value is -2.22. The van der Waals surface area contributed by atoms with E-state index in [9.17, 15) is 9.59 Å². The van der Waals surface area contributed by atoms with Crippen molar-refractivity contribution in [2.24, 2.45) is 5.92 Å². The number of piperazine rings is 1. The fraction of sp³-hybridized carbons (Fsp3) is 0.480. The molecule has 0 aliphatic carbocycles. The summed E-state index contributed by atoms with van der Waals surface area (Å²) in [6, 6.07) is 9.26. The van der Waals surface area contributed by atoms with Gasteiger partial charge in [0.1, 0.15) is 6.10 Å². The van der Waals surface area contributed by atoms with Gasteiger partial charge in [-0.3, -0.25) is 4.79 Å². The van der Waals surface area contributed by atoms with E-state index in [1.54, 1.807) is 24.4 Å². The summed E-state index contributed by atoms with van der Waals surface area (Å²) in [6.45, 7) is 4.84. The van der Waals surface area contributed by atoms with Crippen molar-refractivity contribution in [1.29, 1.82) is 0 Å². The number of ether oxygens (including phenoxy) is 1. The highest BCUT2D eigenvalue weighted by molar-refractivity contribution is 6.42. The van der Waals surface area contributed by atoms with Crippen LogP contribution in [0.2, 0.25) is 15.1 Å². The van der Waals surface area contributed by atoms with E-state index in [0.29, 0.717) is 60.1 Å². The number of benzene rings is 1. The molecule has 0 radical (unpaired) electrons. The zero-order valence-electron chi connectivity index (χ0n) is 19.4. The maximum atomic E-state index is 13.6. The summed E-state index contributed by atoms with van der Waals surface area (Å²) >= 11 is 18.5. The van der Waals surface area contributed by atoms with Gasteiger partial charge in [-0.25, -0.2) is 9.78 Å². The summed E-state index contributed by atoms with van der Waals surface area (Å²) in [5.74, 6) is 0.722. The van der Waals surface area contributed by atoms with Gasteiger partial charge in [0.05, 0.1) is 15.1 Å². The summed E-state index contributed by atoms with van der Waals surface area (Å²) < 4.78 is 6.18. The van der Waals surface area contributed by atoms with Gasteiger partial charge in [-0.2, -0.15) is 0 Å². The van der Waals surface area contributed by atoms with Crippen LogP contribution in [-0.2, 0) is 4.79 Å². The largest absolute Gasteiger partial charge is 0.474 e. The number of rotatable bonds is 4. The SMILES string of the molecule is C[C@H](Oc1ccc(Cl)cn1)C1CN(C(=O)N2CCN3C(=O)CCC3C2)CC1c1ccc(Cl)c(Cl)c1. The quantitative estimate of drug-likeness (QED) is 0.553. The minimum absolute atomic E-state index is 0.00776. The summed E-state index contributed by atoms with van der Waals surface area (Å²) in [6.07, 6.45) is 2.73. The number of hydrogen-bond acceptors (Lipinski definition) is 4. The molecule has 0 bridgehead atoms. The Balaban J connectivity index is 1.35. The number of urea groups is 1. The second-order valence-electron chi connectivity index (χ2n) is 9.49. The molecule has 3 aliphatic heterocycles. The Labute approximate surface area is 219 Å². The first kappa shape index (κ1) is 24.5. The van der Waals surface area contributed by atoms with Crippen LogP contribution in [0.1, 0.15) is 31.2 Å². The van der Waals surface area contributed by atoms with Crippen LogP contribution in [-0.4, -0.2) is 76.5 Å². The Morgan fingerprint density at radius 3 is 2.63 bits per heavy atom. The third-order valence-electron chi connectivity index (χ3n) is 7.38. The van der Waals surface area contributed by atoms with Crippen molar-refractivity contribution in [2.75, 3.05) is 32.7 Å². The minimum atomic E-state index is -0.217. The van der Waals surface area contributed by atoms with Crippen LogP contribution < -0.4 is 4.74 Å². The van der Waals surface area contributed by atoms with E-state index in [1.165, 1.54) is 0 Å². The van der Waals surface area contributed by atoms with Crippen LogP contribution in [0.4, 0.5) is 4.79 Å². The van der Waals surface area contributed by atoms with Gasteiger partial charge in [0, 0.05) is 69.3 Å². The average molecular weight is 538 g/mol. The van der Waals surface area contributed by atoms with Crippen LogP contribution in [0, 0.1) is 5.92 Å². The molecular formula is C25H27Cl3N4O3. The molecule has 3 unspecified atom stereocenters. The molecule has 35 heavy (non-hydrogen) atoms. The number of carbonyl (C=O) groups excluding carboxylic acids is 2. The van der Waals surface area contributed by atoms with E-state index in [0.717, 1.165) is 12.0 Å². The highest BCUT2D eigenvalue weighted by Gasteiger charge is 2.43. The molecule has 4 heterocycles. The number of pyridine rings is 1. The van der Waals surface area contributed by atoms with E-state index in [1.807, 2.05) is 33.8 Å². The van der Waals surface area contributed by atoms with Crippen molar-refractivity contribution in [3.63, 3.8) is 0 Å².